The predicted molar refractivity (Wildman–Crippen MR) is 123 cm³/mol. The Balaban J connectivity index is 1.87. The van der Waals surface area contributed by atoms with E-state index >= 15 is 0 Å². The van der Waals surface area contributed by atoms with Crippen molar-refractivity contribution >= 4 is 11.6 Å². The van der Waals surface area contributed by atoms with Gasteiger partial charge in [-0.2, -0.15) is 0 Å². The SMILES string of the molecule is CC(C)(C)c1cc(C(=O)CN2CC(c3ccccc3)CC2=N)cc(C(C)(C)C)c1O. The lowest BCUT2D eigenvalue weighted by atomic mass is 9.78. The molecule has 1 heterocycles. The Bertz CT molecular complexity index is 914. The van der Waals surface area contributed by atoms with Crippen LogP contribution < -0.4 is 0 Å². The van der Waals surface area contributed by atoms with Crippen molar-refractivity contribution in [1.82, 2.24) is 4.90 Å². The van der Waals surface area contributed by atoms with Gasteiger partial charge in [0.05, 0.1) is 12.4 Å². The van der Waals surface area contributed by atoms with E-state index in [0.29, 0.717) is 24.4 Å². The summed E-state index contributed by atoms with van der Waals surface area (Å²) in [4.78, 5) is 15.1. The van der Waals surface area contributed by atoms with Crippen molar-refractivity contribution in [1.29, 1.82) is 5.41 Å². The van der Waals surface area contributed by atoms with Gasteiger partial charge in [0.15, 0.2) is 5.78 Å². The molecule has 30 heavy (non-hydrogen) atoms. The summed E-state index contributed by atoms with van der Waals surface area (Å²) in [6, 6.07) is 13.9. The van der Waals surface area contributed by atoms with E-state index in [9.17, 15) is 9.90 Å². The molecular formula is C26H34N2O2. The van der Waals surface area contributed by atoms with Crippen molar-refractivity contribution in [3.05, 3.63) is 64.7 Å². The van der Waals surface area contributed by atoms with Crippen molar-refractivity contribution < 1.29 is 9.90 Å². The highest BCUT2D eigenvalue weighted by Gasteiger charge is 2.31. The van der Waals surface area contributed by atoms with Gasteiger partial charge in [0.1, 0.15) is 5.75 Å². The Kier molecular flexibility index (Phi) is 5.81. The predicted octanol–water partition coefficient (Wildman–Crippen LogP) is 5.64. The maximum atomic E-state index is 13.2. The van der Waals surface area contributed by atoms with Crippen LogP contribution in [0.3, 0.4) is 0 Å². The number of carbonyl (C=O) groups is 1. The maximum absolute atomic E-state index is 13.2. The van der Waals surface area contributed by atoms with Gasteiger partial charge in [-0.3, -0.25) is 10.2 Å². The number of nitrogens with one attached hydrogen (secondary N) is 1. The molecule has 0 amide bonds. The smallest absolute Gasteiger partial charge is 0.182 e. The molecule has 1 atom stereocenters. The van der Waals surface area contributed by atoms with E-state index in [2.05, 4.69) is 12.1 Å². The van der Waals surface area contributed by atoms with E-state index in [-0.39, 0.29) is 34.8 Å². The van der Waals surface area contributed by atoms with Gasteiger partial charge in [0, 0.05) is 35.6 Å². The average Bonchev–Trinajstić information content (AvgIpc) is 3.01. The summed E-state index contributed by atoms with van der Waals surface area (Å²) < 4.78 is 0. The van der Waals surface area contributed by atoms with Gasteiger partial charge < -0.3 is 10.0 Å². The van der Waals surface area contributed by atoms with Crippen LogP contribution in [0.1, 0.15) is 80.9 Å². The molecule has 160 valence electrons. The largest absolute Gasteiger partial charge is 0.507 e. The Labute approximate surface area is 180 Å². The van der Waals surface area contributed by atoms with E-state index in [1.54, 1.807) is 0 Å². The summed E-state index contributed by atoms with van der Waals surface area (Å²) in [7, 11) is 0. The zero-order valence-electron chi connectivity index (χ0n) is 19.0. The molecule has 2 aromatic carbocycles. The van der Waals surface area contributed by atoms with Crippen molar-refractivity contribution in [2.75, 3.05) is 13.1 Å². The van der Waals surface area contributed by atoms with Crippen molar-refractivity contribution in [2.45, 2.75) is 64.7 Å². The van der Waals surface area contributed by atoms with E-state index < -0.39 is 0 Å². The highest BCUT2D eigenvalue weighted by Crippen LogP contribution is 2.40. The highest BCUT2D eigenvalue weighted by molar-refractivity contribution is 6.00. The molecule has 0 spiro atoms. The summed E-state index contributed by atoms with van der Waals surface area (Å²) in [6.45, 7) is 13.2. The van der Waals surface area contributed by atoms with Gasteiger partial charge in [-0.15, -0.1) is 0 Å². The maximum Gasteiger partial charge on any atom is 0.182 e. The number of hydrogen-bond donors (Lipinski definition) is 2. The Morgan fingerprint density at radius 1 is 1.03 bits per heavy atom. The van der Waals surface area contributed by atoms with Gasteiger partial charge in [-0.05, 0) is 28.5 Å². The van der Waals surface area contributed by atoms with Crippen LogP contribution >= 0.6 is 0 Å². The van der Waals surface area contributed by atoms with Crippen molar-refractivity contribution in [3.63, 3.8) is 0 Å². The van der Waals surface area contributed by atoms with Gasteiger partial charge in [-0.1, -0.05) is 71.9 Å². The first-order chi connectivity index (χ1) is 13.9. The molecule has 2 N–H and O–H groups in total. The molecule has 1 saturated heterocycles. The van der Waals surface area contributed by atoms with E-state index in [0.717, 1.165) is 11.1 Å². The van der Waals surface area contributed by atoms with Crippen molar-refractivity contribution in [3.8, 4) is 5.75 Å². The fourth-order valence-corrected chi connectivity index (χ4v) is 4.12. The molecule has 0 bridgehead atoms. The van der Waals surface area contributed by atoms with Gasteiger partial charge >= 0.3 is 0 Å². The highest BCUT2D eigenvalue weighted by atomic mass is 16.3. The number of ketones is 1. The molecule has 4 nitrogen and oxygen atoms in total. The lowest BCUT2D eigenvalue weighted by Crippen LogP contribution is -2.31. The number of amidine groups is 1. The molecular weight excluding hydrogens is 372 g/mol. The molecule has 0 aliphatic carbocycles. The molecule has 0 saturated carbocycles. The number of hydrogen-bond acceptors (Lipinski definition) is 3. The average molecular weight is 407 g/mol. The zero-order valence-corrected chi connectivity index (χ0v) is 19.0. The number of Topliss-reactive ketones (excluding diaryl/α,β-unsaturated/α-hetero) is 1. The fourth-order valence-electron chi connectivity index (χ4n) is 4.12. The minimum absolute atomic E-state index is 0.00976. The van der Waals surface area contributed by atoms with Crippen LogP contribution in [0.25, 0.3) is 0 Å². The monoisotopic (exact) mass is 406 g/mol. The minimum atomic E-state index is -0.279. The number of aromatic hydroxyl groups is 1. The number of phenols is 1. The van der Waals surface area contributed by atoms with Gasteiger partial charge in [0.25, 0.3) is 0 Å². The van der Waals surface area contributed by atoms with Crippen LogP contribution in [0.15, 0.2) is 42.5 Å². The molecule has 0 aromatic heterocycles. The number of benzene rings is 2. The van der Waals surface area contributed by atoms with E-state index in [1.807, 2.05) is 76.8 Å². The van der Waals surface area contributed by atoms with Gasteiger partial charge in [0.2, 0.25) is 0 Å². The summed E-state index contributed by atoms with van der Waals surface area (Å²) >= 11 is 0. The van der Waals surface area contributed by atoms with Gasteiger partial charge in [-0.25, -0.2) is 0 Å². The first-order valence-electron chi connectivity index (χ1n) is 10.7. The van der Waals surface area contributed by atoms with Crippen LogP contribution in [0.5, 0.6) is 5.75 Å². The third-order valence-electron chi connectivity index (χ3n) is 5.92. The van der Waals surface area contributed by atoms with E-state index in [4.69, 9.17) is 5.41 Å². The van der Waals surface area contributed by atoms with Crippen LogP contribution in [0.4, 0.5) is 0 Å². The quantitative estimate of drug-likeness (QED) is 0.646. The lowest BCUT2D eigenvalue weighted by molar-refractivity contribution is 0.0964. The standard InChI is InChI=1S/C26H34N2O2/c1-25(2,3)20-12-18(13-21(24(20)30)26(4,5)6)22(29)16-28-15-19(14-23(28)27)17-10-8-7-9-11-17/h7-13,19,27,30H,14-16H2,1-6H3. The topological polar surface area (TPSA) is 64.4 Å². The summed E-state index contributed by atoms with van der Waals surface area (Å²) in [6.07, 6.45) is 0.660. The molecule has 1 unspecified atom stereocenters. The summed E-state index contributed by atoms with van der Waals surface area (Å²) in [5, 5.41) is 19.3. The molecule has 1 aliphatic heterocycles. The minimum Gasteiger partial charge on any atom is -0.507 e. The normalized spacial score (nSPS) is 17.5. The van der Waals surface area contributed by atoms with Crippen molar-refractivity contribution in [2.24, 2.45) is 0 Å². The molecule has 4 heteroatoms. The van der Waals surface area contributed by atoms with Crippen LogP contribution in [-0.4, -0.2) is 34.7 Å². The first kappa shape index (κ1) is 22.1. The molecule has 2 aromatic rings. The van der Waals surface area contributed by atoms with E-state index in [1.165, 1.54) is 5.56 Å². The fraction of sp³-hybridized carbons (Fsp3) is 0.462. The van der Waals surface area contributed by atoms with Crippen LogP contribution in [0, 0.1) is 5.41 Å². The summed E-state index contributed by atoms with van der Waals surface area (Å²) in [5.74, 6) is 1.04. The Morgan fingerprint density at radius 2 is 1.57 bits per heavy atom. The third kappa shape index (κ3) is 4.58. The zero-order chi connectivity index (χ0) is 22.3. The second-order valence-electron chi connectivity index (χ2n) is 10.5. The second-order valence-corrected chi connectivity index (χ2v) is 10.5. The Morgan fingerprint density at radius 3 is 2.07 bits per heavy atom. The number of carbonyl (C=O) groups excluding carboxylic acids is 1. The first-order valence-corrected chi connectivity index (χ1v) is 10.7. The second kappa shape index (κ2) is 7.90. The number of nitrogens with zero attached hydrogens (tertiary/aromatic N) is 1. The molecule has 1 fully saturated rings. The number of rotatable bonds is 4. The molecule has 1 aliphatic rings. The van der Waals surface area contributed by atoms with Crippen LogP contribution in [-0.2, 0) is 10.8 Å². The van der Waals surface area contributed by atoms with Crippen LogP contribution in [0.2, 0.25) is 0 Å². The third-order valence-corrected chi connectivity index (χ3v) is 5.92. The molecule has 0 radical (unpaired) electrons. The molecule has 3 rings (SSSR count). The number of likely N-dealkylation sites (tertiary alicyclic amines) is 1. The number of phenolic OH excluding ortho intramolecular Hbond substituents is 1. The summed E-state index contributed by atoms with van der Waals surface area (Å²) in [5.41, 5.74) is 2.84. The lowest BCUT2D eigenvalue weighted by Gasteiger charge is -2.28. The Hall–Kier alpha value is -2.62.